The van der Waals surface area contributed by atoms with Gasteiger partial charge in [-0.15, -0.1) is 0 Å². The van der Waals surface area contributed by atoms with Crippen molar-refractivity contribution in [2.24, 2.45) is 0 Å². The number of nitrogens with one attached hydrogen (secondary N) is 1. The van der Waals surface area contributed by atoms with Crippen molar-refractivity contribution in [1.29, 1.82) is 0 Å². The zero-order valence-electron chi connectivity index (χ0n) is 13.4. The highest BCUT2D eigenvalue weighted by Gasteiger charge is 2.31. The van der Waals surface area contributed by atoms with E-state index in [9.17, 15) is 13.2 Å². The summed E-state index contributed by atoms with van der Waals surface area (Å²) in [5.74, 6) is 0.186. The lowest BCUT2D eigenvalue weighted by molar-refractivity contribution is -0.122. The predicted molar refractivity (Wildman–Crippen MR) is 93.4 cm³/mol. The number of hydrogen-bond donors (Lipinski definition) is 1. The van der Waals surface area contributed by atoms with E-state index < -0.39 is 22.0 Å². The van der Waals surface area contributed by atoms with Gasteiger partial charge in [0.05, 0.1) is 24.8 Å². The highest BCUT2D eigenvalue weighted by molar-refractivity contribution is 7.92. The summed E-state index contributed by atoms with van der Waals surface area (Å²) in [5.41, 5.74) is 0.352. The van der Waals surface area contributed by atoms with E-state index in [1.807, 2.05) is 0 Å². The van der Waals surface area contributed by atoms with Gasteiger partial charge in [0.2, 0.25) is 15.9 Å². The molecule has 0 saturated carbocycles. The van der Waals surface area contributed by atoms with Crippen LogP contribution in [0.25, 0.3) is 0 Å². The number of rotatable bonds is 7. The van der Waals surface area contributed by atoms with Crippen LogP contribution >= 0.6 is 11.6 Å². The van der Waals surface area contributed by atoms with Gasteiger partial charge in [0.25, 0.3) is 0 Å². The molecular formula is C16H19ClN2O4S. The standard InChI is InChI=1S/C16H19ClN2O4S/c1-3-15(16(20)18-11-14-8-5-9-23-14)19(24(2,21)22)13-7-4-6-12(17)10-13/h4-10,15H,3,11H2,1-2H3,(H,18,20)/t15-/m1/s1. The summed E-state index contributed by atoms with van der Waals surface area (Å²) in [6.45, 7) is 1.94. The molecule has 1 amide bonds. The Morgan fingerprint density at radius 2 is 2.08 bits per heavy atom. The molecule has 8 heteroatoms. The largest absolute Gasteiger partial charge is 0.467 e. The van der Waals surface area contributed by atoms with Crippen LogP contribution in [0.1, 0.15) is 19.1 Å². The van der Waals surface area contributed by atoms with Crippen LogP contribution in [0.15, 0.2) is 47.1 Å². The number of halogens is 1. The van der Waals surface area contributed by atoms with Crippen LogP contribution in [0.5, 0.6) is 0 Å². The Labute approximate surface area is 146 Å². The average Bonchev–Trinajstić information content (AvgIpc) is 3.02. The number of anilines is 1. The van der Waals surface area contributed by atoms with Gasteiger partial charge < -0.3 is 9.73 Å². The maximum atomic E-state index is 12.5. The lowest BCUT2D eigenvalue weighted by atomic mass is 10.2. The normalized spacial score (nSPS) is 12.6. The van der Waals surface area contributed by atoms with Gasteiger partial charge in [0.15, 0.2) is 0 Å². The predicted octanol–water partition coefficient (Wildman–Crippen LogP) is 2.79. The molecule has 2 aromatic rings. The molecule has 0 fully saturated rings. The van der Waals surface area contributed by atoms with Crippen molar-refractivity contribution < 1.29 is 17.6 Å². The molecule has 1 heterocycles. The van der Waals surface area contributed by atoms with E-state index in [0.717, 1.165) is 10.6 Å². The van der Waals surface area contributed by atoms with Crippen LogP contribution in [-0.4, -0.2) is 26.6 Å². The van der Waals surface area contributed by atoms with E-state index in [4.69, 9.17) is 16.0 Å². The molecule has 2 rings (SSSR count). The molecule has 6 nitrogen and oxygen atoms in total. The van der Waals surface area contributed by atoms with Gasteiger partial charge in [-0.2, -0.15) is 0 Å². The van der Waals surface area contributed by atoms with Gasteiger partial charge in [-0.1, -0.05) is 24.6 Å². The van der Waals surface area contributed by atoms with Gasteiger partial charge >= 0.3 is 0 Å². The van der Waals surface area contributed by atoms with Crippen LogP contribution in [0.2, 0.25) is 5.02 Å². The quantitative estimate of drug-likeness (QED) is 0.812. The topological polar surface area (TPSA) is 79.6 Å². The molecule has 0 saturated heterocycles. The lowest BCUT2D eigenvalue weighted by Crippen LogP contribution is -2.49. The number of carbonyl (C=O) groups excluding carboxylic acids is 1. The molecule has 0 bridgehead atoms. The number of amides is 1. The average molecular weight is 371 g/mol. The zero-order chi connectivity index (χ0) is 17.7. The Morgan fingerprint density at radius 3 is 2.62 bits per heavy atom. The summed E-state index contributed by atoms with van der Waals surface area (Å²) in [4.78, 5) is 12.5. The number of sulfonamides is 1. The van der Waals surface area contributed by atoms with Crippen molar-refractivity contribution >= 4 is 33.2 Å². The molecule has 0 unspecified atom stereocenters. The van der Waals surface area contributed by atoms with E-state index >= 15 is 0 Å². The van der Waals surface area contributed by atoms with E-state index in [0.29, 0.717) is 22.9 Å². The SMILES string of the molecule is CC[C@H](C(=O)NCc1ccco1)N(c1cccc(Cl)c1)S(C)(=O)=O. The first-order chi connectivity index (χ1) is 11.3. The Kier molecular flexibility index (Phi) is 5.90. The zero-order valence-corrected chi connectivity index (χ0v) is 15.0. The maximum absolute atomic E-state index is 12.5. The van der Waals surface area contributed by atoms with Gasteiger partial charge in [-0.05, 0) is 36.8 Å². The van der Waals surface area contributed by atoms with Crippen LogP contribution in [0.3, 0.4) is 0 Å². The van der Waals surface area contributed by atoms with Gasteiger partial charge in [0, 0.05) is 5.02 Å². The third-order valence-corrected chi connectivity index (χ3v) is 4.82. The van der Waals surface area contributed by atoms with Crippen molar-refractivity contribution in [2.45, 2.75) is 25.9 Å². The summed E-state index contributed by atoms with van der Waals surface area (Å²) in [5, 5.41) is 3.10. The van der Waals surface area contributed by atoms with Gasteiger partial charge in [-0.25, -0.2) is 8.42 Å². The van der Waals surface area contributed by atoms with Gasteiger partial charge in [0.1, 0.15) is 11.8 Å². The number of furan rings is 1. The molecule has 0 aliphatic carbocycles. The van der Waals surface area contributed by atoms with Crippen LogP contribution < -0.4 is 9.62 Å². The number of nitrogens with zero attached hydrogens (tertiary/aromatic N) is 1. The molecule has 0 radical (unpaired) electrons. The number of hydrogen-bond acceptors (Lipinski definition) is 4. The fraction of sp³-hybridized carbons (Fsp3) is 0.312. The maximum Gasteiger partial charge on any atom is 0.244 e. The molecule has 1 atom stereocenters. The first-order valence-electron chi connectivity index (χ1n) is 7.38. The first-order valence-corrected chi connectivity index (χ1v) is 9.60. The van der Waals surface area contributed by atoms with E-state index in [-0.39, 0.29) is 6.54 Å². The molecule has 1 aromatic carbocycles. The molecule has 0 aliphatic heterocycles. The van der Waals surface area contributed by atoms with Crippen molar-refractivity contribution in [2.75, 3.05) is 10.6 Å². The van der Waals surface area contributed by atoms with Gasteiger partial charge in [-0.3, -0.25) is 9.10 Å². The highest BCUT2D eigenvalue weighted by atomic mass is 35.5. The number of benzene rings is 1. The van der Waals surface area contributed by atoms with Crippen molar-refractivity contribution in [3.8, 4) is 0 Å². The third kappa shape index (κ3) is 4.52. The minimum atomic E-state index is -3.67. The van der Waals surface area contributed by atoms with Crippen molar-refractivity contribution in [3.63, 3.8) is 0 Å². The smallest absolute Gasteiger partial charge is 0.244 e. The van der Waals surface area contributed by atoms with E-state index in [1.54, 1.807) is 37.3 Å². The van der Waals surface area contributed by atoms with E-state index in [1.165, 1.54) is 12.3 Å². The Bertz CT molecular complexity index is 790. The Hall–Kier alpha value is -1.99. The molecule has 130 valence electrons. The molecule has 0 spiro atoms. The summed E-state index contributed by atoms with van der Waals surface area (Å²) >= 11 is 5.96. The Balaban J connectivity index is 2.27. The summed E-state index contributed by atoms with van der Waals surface area (Å²) in [7, 11) is -3.67. The third-order valence-electron chi connectivity index (χ3n) is 3.41. The van der Waals surface area contributed by atoms with Crippen LogP contribution in [-0.2, 0) is 21.4 Å². The highest BCUT2D eigenvalue weighted by Crippen LogP contribution is 2.25. The molecule has 1 aromatic heterocycles. The van der Waals surface area contributed by atoms with E-state index in [2.05, 4.69) is 5.32 Å². The molecule has 1 N–H and O–H groups in total. The monoisotopic (exact) mass is 370 g/mol. The summed E-state index contributed by atoms with van der Waals surface area (Å²) in [6.07, 6.45) is 2.88. The second-order valence-corrected chi connectivity index (χ2v) is 7.56. The second kappa shape index (κ2) is 7.72. The second-order valence-electron chi connectivity index (χ2n) is 5.26. The first kappa shape index (κ1) is 18.4. The minimum Gasteiger partial charge on any atom is -0.467 e. The molecule has 0 aliphatic rings. The lowest BCUT2D eigenvalue weighted by Gasteiger charge is -2.30. The fourth-order valence-electron chi connectivity index (χ4n) is 2.38. The molecular weight excluding hydrogens is 352 g/mol. The Morgan fingerprint density at radius 1 is 1.33 bits per heavy atom. The summed E-state index contributed by atoms with van der Waals surface area (Å²) in [6, 6.07) is 8.97. The summed E-state index contributed by atoms with van der Waals surface area (Å²) < 4.78 is 30.8. The minimum absolute atomic E-state index is 0.190. The van der Waals surface area contributed by atoms with Crippen LogP contribution in [0.4, 0.5) is 5.69 Å². The van der Waals surface area contributed by atoms with Crippen LogP contribution in [0, 0.1) is 0 Å². The molecule has 24 heavy (non-hydrogen) atoms. The number of carbonyl (C=O) groups is 1. The van der Waals surface area contributed by atoms with Crippen molar-refractivity contribution in [3.05, 3.63) is 53.4 Å². The van der Waals surface area contributed by atoms with Crippen molar-refractivity contribution in [1.82, 2.24) is 5.32 Å². The fourth-order valence-corrected chi connectivity index (χ4v) is 3.77.